The maximum atomic E-state index is 10.0. The van der Waals surface area contributed by atoms with E-state index in [4.69, 9.17) is 0 Å². The largest absolute Gasteiger partial charge is 0.234 e. The Morgan fingerprint density at radius 2 is 1.83 bits per heavy atom. The number of rotatable bonds is 2. The first-order valence-corrected chi connectivity index (χ1v) is 4.88. The standard InChI is InChI=1S/C10H15NO/c12-8-11-7-10-4-1-9(2-5-10)3-6-10/h9H,1-7H2. The molecule has 3 rings (SSSR count). The third-order valence-electron chi connectivity index (χ3n) is 3.73. The monoisotopic (exact) mass is 165 g/mol. The number of nitrogens with zero attached hydrogens (tertiary/aromatic N) is 1. The van der Waals surface area contributed by atoms with Crippen LogP contribution in [0.25, 0.3) is 0 Å². The van der Waals surface area contributed by atoms with E-state index in [1.165, 1.54) is 38.5 Å². The lowest BCUT2D eigenvalue weighted by molar-refractivity contribution is 0.0738. The SMILES string of the molecule is O=C=NCC12CCC(CC1)CC2. The van der Waals surface area contributed by atoms with Gasteiger partial charge in [-0.1, -0.05) is 0 Å². The van der Waals surface area contributed by atoms with Crippen molar-refractivity contribution in [2.75, 3.05) is 6.54 Å². The summed E-state index contributed by atoms with van der Waals surface area (Å²) in [4.78, 5) is 13.8. The van der Waals surface area contributed by atoms with Gasteiger partial charge in [0.05, 0.1) is 6.54 Å². The number of isocyanates is 1. The maximum absolute atomic E-state index is 10.0. The molecular formula is C10H15NO. The van der Waals surface area contributed by atoms with Crippen molar-refractivity contribution < 1.29 is 4.79 Å². The van der Waals surface area contributed by atoms with Gasteiger partial charge in [0, 0.05) is 0 Å². The van der Waals surface area contributed by atoms with Gasteiger partial charge in [-0.2, -0.15) is 0 Å². The summed E-state index contributed by atoms with van der Waals surface area (Å²) in [6.45, 7) is 0.739. The van der Waals surface area contributed by atoms with Crippen LogP contribution in [-0.2, 0) is 4.79 Å². The lowest BCUT2D eigenvalue weighted by Gasteiger charge is -2.45. The van der Waals surface area contributed by atoms with Gasteiger partial charge in [0.15, 0.2) is 0 Å². The van der Waals surface area contributed by atoms with Crippen molar-refractivity contribution in [2.45, 2.75) is 38.5 Å². The molecule has 0 radical (unpaired) electrons. The van der Waals surface area contributed by atoms with Gasteiger partial charge in [-0.25, -0.2) is 9.79 Å². The van der Waals surface area contributed by atoms with Gasteiger partial charge in [-0.3, -0.25) is 0 Å². The van der Waals surface area contributed by atoms with Crippen LogP contribution in [0.3, 0.4) is 0 Å². The van der Waals surface area contributed by atoms with E-state index in [1.807, 2.05) is 0 Å². The highest BCUT2D eigenvalue weighted by atomic mass is 16.1. The Morgan fingerprint density at radius 3 is 2.33 bits per heavy atom. The molecule has 3 aliphatic carbocycles. The molecule has 0 heterocycles. The van der Waals surface area contributed by atoms with E-state index in [0.717, 1.165) is 12.5 Å². The molecule has 0 unspecified atom stereocenters. The van der Waals surface area contributed by atoms with Crippen LogP contribution in [0.5, 0.6) is 0 Å². The first kappa shape index (κ1) is 8.00. The van der Waals surface area contributed by atoms with Gasteiger partial charge in [0.2, 0.25) is 6.08 Å². The van der Waals surface area contributed by atoms with Crippen LogP contribution < -0.4 is 0 Å². The zero-order chi connectivity index (χ0) is 8.44. The van der Waals surface area contributed by atoms with E-state index < -0.39 is 0 Å². The maximum Gasteiger partial charge on any atom is 0.234 e. The quantitative estimate of drug-likeness (QED) is 0.456. The summed E-state index contributed by atoms with van der Waals surface area (Å²) in [7, 11) is 0. The molecule has 3 fully saturated rings. The molecule has 0 N–H and O–H groups in total. The van der Waals surface area contributed by atoms with Crippen LogP contribution in [0.4, 0.5) is 0 Å². The van der Waals surface area contributed by atoms with Crippen molar-refractivity contribution in [1.82, 2.24) is 0 Å². The molecule has 0 amide bonds. The van der Waals surface area contributed by atoms with Crippen LogP contribution >= 0.6 is 0 Å². The van der Waals surface area contributed by atoms with E-state index in [0.29, 0.717) is 5.41 Å². The molecule has 0 aromatic rings. The molecule has 0 atom stereocenters. The second kappa shape index (κ2) is 3.02. The first-order valence-electron chi connectivity index (χ1n) is 4.88. The second-order valence-electron chi connectivity index (χ2n) is 4.39. The number of fused-ring (bicyclic) bond motifs is 3. The van der Waals surface area contributed by atoms with Gasteiger partial charge >= 0.3 is 0 Å². The predicted molar refractivity (Wildman–Crippen MR) is 46.6 cm³/mol. The predicted octanol–water partition coefficient (Wildman–Crippen LogP) is 2.29. The molecule has 0 aromatic heterocycles. The molecule has 0 spiro atoms. The smallest absolute Gasteiger partial charge is 0.211 e. The average Bonchev–Trinajstić information content (AvgIpc) is 2.18. The third kappa shape index (κ3) is 1.32. The fourth-order valence-corrected chi connectivity index (χ4v) is 2.78. The second-order valence-corrected chi connectivity index (χ2v) is 4.39. The Labute approximate surface area is 73.1 Å². The molecule has 0 saturated heterocycles. The van der Waals surface area contributed by atoms with Gasteiger partial charge in [0.1, 0.15) is 0 Å². The van der Waals surface area contributed by atoms with Crippen molar-refractivity contribution >= 4 is 6.08 Å². The summed E-state index contributed by atoms with van der Waals surface area (Å²) in [6.07, 6.45) is 9.66. The van der Waals surface area contributed by atoms with Crippen molar-refractivity contribution in [3.05, 3.63) is 0 Å². The van der Waals surface area contributed by atoms with Crippen LogP contribution in [0.15, 0.2) is 4.99 Å². The molecule has 3 saturated carbocycles. The summed E-state index contributed by atoms with van der Waals surface area (Å²) in [5.74, 6) is 0.993. The lowest BCUT2D eigenvalue weighted by Crippen LogP contribution is -2.36. The van der Waals surface area contributed by atoms with Crippen molar-refractivity contribution in [3.63, 3.8) is 0 Å². The Hall–Kier alpha value is -0.620. The third-order valence-corrected chi connectivity index (χ3v) is 3.73. The summed E-state index contributed by atoms with van der Waals surface area (Å²) in [5.41, 5.74) is 0.409. The Morgan fingerprint density at radius 1 is 1.25 bits per heavy atom. The summed E-state index contributed by atoms with van der Waals surface area (Å²) in [6, 6.07) is 0. The molecule has 0 aromatic carbocycles. The van der Waals surface area contributed by atoms with Crippen molar-refractivity contribution in [3.8, 4) is 0 Å². The van der Waals surface area contributed by atoms with E-state index >= 15 is 0 Å². The summed E-state index contributed by atoms with van der Waals surface area (Å²) < 4.78 is 0. The summed E-state index contributed by atoms with van der Waals surface area (Å²) >= 11 is 0. The molecule has 2 heteroatoms. The van der Waals surface area contributed by atoms with E-state index in [1.54, 1.807) is 6.08 Å². The Bertz CT molecular complexity index is 196. The molecule has 3 aliphatic rings. The van der Waals surface area contributed by atoms with Crippen molar-refractivity contribution in [1.29, 1.82) is 0 Å². The minimum atomic E-state index is 0.409. The van der Waals surface area contributed by atoms with Crippen LogP contribution in [0.1, 0.15) is 38.5 Å². The first-order chi connectivity index (χ1) is 5.85. The number of hydrogen-bond acceptors (Lipinski definition) is 2. The highest BCUT2D eigenvalue weighted by Crippen LogP contribution is 2.50. The number of carbonyl (C=O) groups excluding carboxylic acids is 1. The summed E-state index contributed by atoms with van der Waals surface area (Å²) in [5, 5.41) is 0. The van der Waals surface area contributed by atoms with E-state index in [2.05, 4.69) is 4.99 Å². The van der Waals surface area contributed by atoms with Gasteiger partial charge in [-0.15, -0.1) is 0 Å². The fraction of sp³-hybridized carbons (Fsp3) is 0.900. The molecule has 66 valence electrons. The van der Waals surface area contributed by atoms with Crippen LogP contribution in [0.2, 0.25) is 0 Å². The number of hydrogen-bond donors (Lipinski definition) is 0. The molecular weight excluding hydrogens is 150 g/mol. The van der Waals surface area contributed by atoms with Gasteiger partial charge in [0.25, 0.3) is 0 Å². The van der Waals surface area contributed by atoms with Crippen LogP contribution in [-0.4, -0.2) is 12.6 Å². The zero-order valence-electron chi connectivity index (χ0n) is 7.38. The van der Waals surface area contributed by atoms with E-state index in [-0.39, 0.29) is 0 Å². The Kier molecular flexibility index (Phi) is 2.02. The average molecular weight is 165 g/mol. The van der Waals surface area contributed by atoms with Crippen LogP contribution in [0, 0.1) is 11.3 Å². The normalized spacial score (nSPS) is 39.2. The van der Waals surface area contributed by atoms with Gasteiger partial charge in [-0.05, 0) is 49.9 Å². The molecule has 2 bridgehead atoms. The molecule has 0 aliphatic heterocycles. The Balaban J connectivity index is 2.03. The zero-order valence-corrected chi connectivity index (χ0v) is 7.38. The minimum absolute atomic E-state index is 0.409. The molecule has 2 nitrogen and oxygen atoms in total. The van der Waals surface area contributed by atoms with E-state index in [9.17, 15) is 4.79 Å². The lowest BCUT2D eigenvalue weighted by atomic mass is 9.61. The molecule has 12 heavy (non-hydrogen) atoms. The van der Waals surface area contributed by atoms with Gasteiger partial charge < -0.3 is 0 Å². The minimum Gasteiger partial charge on any atom is -0.211 e. The highest BCUT2D eigenvalue weighted by Gasteiger charge is 2.39. The van der Waals surface area contributed by atoms with Crippen molar-refractivity contribution in [2.24, 2.45) is 16.3 Å². The topological polar surface area (TPSA) is 29.4 Å². The highest BCUT2D eigenvalue weighted by molar-refractivity contribution is 5.33. The number of aliphatic imine (C=N–C) groups is 1. The fourth-order valence-electron chi connectivity index (χ4n) is 2.78.